The van der Waals surface area contributed by atoms with Crippen LogP contribution in [-0.4, -0.2) is 22.8 Å². The number of rotatable bonds is 5. The smallest absolute Gasteiger partial charge is 0.284 e. The SMILES string of the molecule is CN(Cc1cc2cc(F)ccc2[nH]1)Cc1cc(C(N)=O)oc1C(C)(C)C. The van der Waals surface area contributed by atoms with Gasteiger partial charge in [-0.2, -0.15) is 0 Å². The van der Waals surface area contributed by atoms with Crippen molar-refractivity contribution >= 4 is 16.8 Å². The number of carbonyl (C=O) groups excluding carboxylic acids is 1. The molecule has 0 fully saturated rings. The van der Waals surface area contributed by atoms with E-state index in [0.717, 1.165) is 27.9 Å². The van der Waals surface area contributed by atoms with E-state index in [1.807, 2.05) is 33.9 Å². The third kappa shape index (κ3) is 3.80. The summed E-state index contributed by atoms with van der Waals surface area (Å²) in [4.78, 5) is 16.9. The van der Waals surface area contributed by atoms with Crippen LogP contribution in [0.5, 0.6) is 0 Å². The number of carbonyl (C=O) groups is 1. The number of hydrogen-bond donors (Lipinski definition) is 2. The molecule has 0 spiro atoms. The summed E-state index contributed by atoms with van der Waals surface area (Å²) in [6.45, 7) is 7.36. The van der Waals surface area contributed by atoms with E-state index in [0.29, 0.717) is 13.1 Å². The molecule has 3 aromatic rings. The maximum Gasteiger partial charge on any atom is 0.284 e. The maximum absolute atomic E-state index is 13.3. The molecule has 0 unspecified atom stereocenters. The van der Waals surface area contributed by atoms with Crippen LogP contribution in [0.4, 0.5) is 4.39 Å². The highest BCUT2D eigenvalue weighted by Crippen LogP contribution is 2.30. The summed E-state index contributed by atoms with van der Waals surface area (Å²) in [5, 5.41) is 0.850. The zero-order valence-electron chi connectivity index (χ0n) is 15.5. The Hall–Kier alpha value is -2.60. The lowest BCUT2D eigenvalue weighted by Crippen LogP contribution is -2.20. The van der Waals surface area contributed by atoms with Gasteiger partial charge in [0, 0.05) is 40.7 Å². The van der Waals surface area contributed by atoms with Crippen molar-refractivity contribution in [2.45, 2.75) is 39.3 Å². The van der Waals surface area contributed by atoms with Crippen LogP contribution in [-0.2, 0) is 18.5 Å². The summed E-state index contributed by atoms with van der Waals surface area (Å²) in [5.41, 5.74) is 7.97. The molecule has 0 aliphatic heterocycles. The Balaban J connectivity index is 1.80. The minimum absolute atomic E-state index is 0.180. The van der Waals surface area contributed by atoms with Crippen molar-refractivity contribution in [3.05, 3.63) is 58.9 Å². The van der Waals surface area contributed by atoms with Crippen LogP contribution < -0.4 is 5.73 Å². The predicted molar refractivity (Wildman–Crippen MR) is 99.4 cm³/mol. The fourth-order valence-electron chi connectivity index (χ4n) is 3.19. The fraction of sp³-hybridized carbons (Fsp3) is 0.350. The van der Waals surface area contributed by atoms with Crippen molar-refractivity contribution in [3.63, 3.8) is 0 Å². The van der Waals surface area contributed by atoms with Gasteiger partial charge < -0.3 is 15.1 Å². The first-order chi connectivity index (χ1) is 12.1. The van der Waals surface area contributed by atoms with Crippen molar-refractivity contribution < 1.29 is 13.6 Å². The van der Waals surface area contributed by atoms with Gasteiger partial charge in [-0.25, -0.2) is 4.39 Å². The number of halogens is 1. The number of nitrogens with two attached hydrogens (primary N) is 1. The summed E-state index contributed by atoms with van der Waals surface area (Å²) in [5.74, 6) is 0.127. The molecule has 0 radical (unpaired) electrons. The van der Waals surface area contributed by atoms with E-state index in [4.69, 9.17) is 10.2 Å². The van der Waals surface area contributed by atoms with Crippen LogP contribution in [0.2, 0.25) is 0 Å². The Labute approximate surface area is 152 Å². The number of nitrogens with zero attached hydrogens (tertiary/aromatic N) is 1. The number of amides is 1. The minimum Gasteiger partial charge on any atom is -0.455 e. The van der Waals surface area contributed by atoms with Crippen molar-refractivity contribution in [1.29, 1.82) is 0 Å². The number of hydrogen-bond acceptors (Lipinski definition) is 3. The normalized spacial score (nSPS) is 12.2. The van der Waals surface area contributed by atoms with Crippen molar-refractivity contribution in [2.24, 2.45) is 5.73 Å². The number of fused-ring (bicyclic) bond motifs is 1. The Morgan fingerprint density at radius 2 is 1.96 bits per heavy atom. The molecular formula is C20H24FN3O2. The zero-order valence-corrected chi connectivity index (χ0v) is 15.5. The minimum atomic E-state index is -0.568. The van der Waals surface area contributed by atoms with Crippen LogP contribution in [0.3, 0.4) is 0 Å². The fourth-order valence-corrected chi connectivity index (χ4v) is 3.19. The molecule has 5 nitrogen and oxygen atoms in total. The van der Waals surface area contributed by atoms with Gasteiger partial charge in [-0.3, -0.25) is 9.69 Å². The second-order valence-corrected chi connectivity index (χ2v) is 7.78. The van der Waals surface area contributed by atoms with Gasteiger partial charge >= 0.3 is 0 Å². The summed E-state index contributed by atoms with van der Waals surface area (Å²) < 4.78 is 19.0. The molecule has 26 heavy (non-hydrogen) atoms. The number of benzene rings is 1. The summed E-state index contributed by atoms with van der Waals surface area (Å²) in [6.07, 6.45) is 0. The summed E-state index contributed by atoms with van der Waals surface area (Å²) in [6, 6.07) is 8.37. The Kier molecular flexibility index (Phi) is 4.63. The van der Waals surface area contributed by atoms with Crippen LogP contribution in [0.25, 0.3) is 10.9 Å². The van der Waals surface area contributed by atoms with E-state index in [1.54, 1.807) is 12.1 Å². The predicted octanol–water partition coefficient (Wildman–Crippen LogP) is 3.93. The van der Waals surface area contributed by atoms with Gasteiger partial charge in [0.15, 0.2) is 5.76 Å². The molecule has 1 amide bonds. The molecule has 0 aliphatic rings. The molecule has 3 N–H and O–H groups in total. The number of H-pyrrole nitrogens is 1. The van der Waals surface area contributed by atoms with E-state index in [9.17, 15) is 9.18 Å². The second kappa shape index (κ2) is 6.61. The first-order valence-electron chi connectivity index (χ1n) is 8.52. The lowest BCUT2D eigenvalue weighted by molar-refractivity contribution is 0.0970. The Morgan fingerprint density at radius 3 is 2.62 bits per heavy atom. The molecule has 0 aliphatic carbocycles. The number of aromatic amines is 1. The second-order valence-electron chi connectivity index (χ2n) is 7.78. The quantitative estimate of drug-likeness (QED) is 0.726. The van der Waals surface area contributed by atoms with E-state index >= 15 is 0 Å². The van der Waals surface area contributed by atoms with Crippen LogP contribution in [0.1, 0.15) is 48.3 Å². The molecule has 2 heterocycles. The molecule has 138 valence electrons. The van der Waals surface area contributed by atoms with Gasteiger partial charge in [-0.15, -0.1) is 0 Å². The van der Waals surface area contributed by atoms with Gasteiger partial charge in [0.05, 0.1) is 0 Å². The van der Waals surface area contributed by atoms with Gasteiger partial charge in [0.2, 0.25) is 0 Å². The molecule has 0 saturated carbocycles. The summed E-state index contributed by atoms with van der Waals surface area (Å²) in [7, 11) is 1.98. The lowest BCUT2D eigenvalue weighted by atomic mass is 9.90. The van der Waals surface area contributed by atoms with Crippen LogP contribution in [0.15, 0.2) is 34.7 Å². The molecule has 3 rings (SSSR count). The first-order valence-corrected chi connectivity index (χ1v) is 8.52. The summed E-state index contributed by atoms with van der Waals surface area (Å²) >= 11 is 0. The molecule has 0 atom stereocenters. The van der Waals surface area contributed by atoms with Crippen LogP contribution in [0, 0.1) is 5.82 Å². The number of furan rings is 1. The van der Waals surface area contributed by atoms with E-state index in [1.165, 1.54) is 12.1 Å². The highest BCUT2D eigenvalue weighted by Gasteiger charge is 2.25. The largest absolute Gasteiger partial charge is 0.455 e. The van der Waals surface area contributed by atoms with E-state index in [-0.39, 0.29) is 17.0 Å². The van der Waals surface area contributed by atoms with Gasteiger partial charge in [-0.1, -0.05) is 20.8 Å². The average Bonchev–Trinajstić information content (AvgIpc) is 3.09. The third-order valence-corrected chi connectivity index (χ3v) is 4.25. The Morgan fingerprint density at radius 1 is 1.23 bits per heavy atom. The number of primary amides is 1. The molecule has 1 aromatic carbocycles. The van der Waals surface area contributed by atoms with Gasteiger partial charge in [-0.05, 0) is 37.4 Å². The molecule has 2 aromatic heterocycles. The Bertz CT molecular complexity index is 950. The number of aromatic nitrogens is 1. The topological polar surface area (TPSA) is 75.3 Å². The maximum atomic E-state index is 13.3. The molecular weight excluding hydrogens is 333 g/mol. The molecule has 0 saturated heterocycles. The van der Waals surface area contributed by atoms with Crippen molar-refractivity contribution in [3.8, 4) is 0 Å². The highest BCUT2D eigenvalue weighted by molar-refractivity contribution is 5.90. The van der Waals surface area contributed by atoms with E-state index in [2.05, 4.69) is 9.88 Å². The monoisotopic (exact) mass is 357 g/mol. The van der Waals surface area contributed by atoms with E-state index < -0.39 is 5.91 Å². The van der Waals surface area contributed by atoms with Gasteiger partial charge in [0.25, 0.3) is 5.91 Å². The number of nitrogens with one attached hydrogen (secondary N) is 1. The highest BCUT2D eigenvalue weighted by atomic mass is 19.1. The van der Waals surface area contributed by atoms with Crippen molar-refractivity contribution in [1.82, 2.24) is 9.88 Å². The van der Waals surface area contributed by atoms with Crippen LogP contribution >= 0.6 is 0 Å². The van der Waals surface area contributed by atoms with Gasteiger partial charge in [0.1, 0.15) is 11.6 Å². The molecule has 6 heteroatoms. The average molecular weight is 357 g/mol. The zero-order chi connectivity index (χ0) is 19.1. The first kappa shape index (κ1) is 18.2. The van der Waals surface area contributed by atoms with Crippen molar-refractivity contribution in [2.75, 3.05) is 7.05 Å². The third-order valence-electron chi connectivity index (χ3n) is 4.25. The standard InChI is InChI=1S/C20H24FN3O2/c1-20(2,3)18-13(9-17(26-18)19(22)25)10-24(4)11-15-8-12-7-14(21)5-6-16(12)23-15/h5-9,23H,10-11H2,1-4H3,(H2,22,25). The lowest BCUT2D eigenvalue weighted by Gasteiger charge is -2.20. The molecule has 0 bridgehead atoms.